The number of nitrogens with zero attached hydrogens (tertiary/aromatic N) is 1. The Morgan fingerprint density at radius 3 is 3.13 bits per heavy atom. The largest absolute Gasteiger partial charge is 0.391 e. The van der Waals surface area contributed by atoms with E-state index in [2.05, 4.69) is 5.32 Å². The number of amides is 1. The fraction of sp³-hybridized carbons (Fsp3) is 0.900. The van der Waals surface area contributed by atoms with E-state index in [0.29, 0.717) is 26.2 Å². The summed E-state index contributed by atoms with van der Waals surface area (Å²) in [6, 6.07) is 0. The van der Waals surface area contributed by atoms with Crippen molar-refractivity contribution >= 4 is 5.91 Å². The number of methoxy groups -OCH3 is 1. The Hall–Kier alpha value is -0.650. The van der Waals surface area contributed by atoms with Gasteiger partial charge in [0.05, 0.1) is 19.3 Å². The second-order valence-corrected chi connectivity index (χ2v) is 3.81. The molecule has 88 valence electrons. The number of aliphatic hydroxyl groups excluding tert-OH is 1. The van der Waals surface area contributed by atoms with E-state index in [1.807, 2.05) is 0 Å². The van der Waals surface area contributed by atoms with Gasteiger partial charge in [-0.15, -0.1) is 0 Å². The lowest BCUT2D eigenvalue weighted by molar-refractivity contribution is -0.133. The molecule has 0 unspecified atom stereocenters. The van der Waals surface area contributed by atoms with Crippen molar-refractivity contribution in [2.24, 2.45) is 0 Å². The maximum absolute atomic E-state index is 11.6. The molecule has 0 aromatic rings. The average Bonchev–Trinajstić information content (AvgIpc) is 2.24. The third-order valence-electron chi connectivity index (χ3n) is 2.51. The van der Waals surface area contributed by atoms with Crippen molar-refractivity contribution < 1.29 is 14.6 Å². The minimum absolute atomic E-state index is 0.0600. The van der Waals surface area contributed by atoms with Crippen molar-refractivity contribution in [1.29, 1.82) is 0 Å². The first kappa shape index (κ1) is 12.4. The van der Waals surface area contributed by atoms with E-state index in [4.69, 9.17) is 4.74 Å². The molecule has 5 nitrogen and oxygen atoms in total. The topological polar surface area (TPSA) is 61.8 Å². The van der Waals surface area contributed by atoms with Gasteiger partial charge in [0.2, 0.25) is 5.91 Å². The summed E-state index contributed by atoms with van der Waals surface area (Å²) in [5.41, 5.74) is 0. The molecule has 1 fully saturated rings. The average molecular weight is 216 g/mol. The number of ether oxygens (including phenoxy) is 1. The minimum atomic E-state index is -0.346. The molecule has 15 heavy (non-hydrogen) atoms. The Morgan fingerprint density at radius 1 is 1.67 bits per heavy atom. The Labute approximate surface area is 90.4 Å². The van der Waals surface area contributed by atoms with Gasteiger partial charge in [-0.1, -0.05) is 0 Å². The molecule has 1 atom stereocenters. The highest BCUT2D eigenvalue weighted by molar-refractivity contribution is 5.78. The number of likely N-dealkylation sites (tertiary alicyclic amines) is 1. The van der Waals surface area contributed by atoms with Crippen LogP contribution in [0.5, 0.6) is 0 Å². The smallest absolute Gasteiger partial charge is 0.236 e. The van der Waals surface area contributed by atoms with Crippen LogP contribution in [0.15, 0.2) is 0 Å². The monoisotopic (exact) mass is 216 g/mol. The fourth-order valence-electron chi connectivity index (χ4n) is 1.66. The van der Waals surface area contributed by atoms with E-state index in [-0.39, 0.29) is 12.0 Å². The molecule has 1 heterocycles. The number of carbonyl (C=O) groups is 1. The van der Waals surface area contributed by atoms with E-state index in [1.54, 1.807) is 12.0 Å². The van der Waals surface area contributed by atoms with Crippen molar-refractivity contribution in [3.05, 3.63) is 0 Å². The van der Waals surface area contributed by atoms with E-state index < -0.39 is 0 Å². The van der Waals surface area contributed by atoms with Crippen LogP contribution in [-0.4, -0.2) is 61.9 Å². The molecule has 0 aromatic carbocycles. The number of hydrogen-bond donors (Lipinski definition) is 2. The molecule has 0 aliphatic carbocycles. The Balaban J connectivity index is 2.15. The summed E-state index contributed by atoms with van der Waals surface area (Å²) in [7, 11) is 1.63. The Kier molecular flexibility index (Phi) is 5.60. The fourth-order valence-corrected chi connectivity index (χ4v) is 1.66. The number of nitrogens with one attached hydrogen (secondary N) is 1. The maximum Gasteiger partial charge on any atom is 0.236 e. The SMILES string of the molecule is COCCNCC(=O)N1CCC[C@H](O)C1. The molecule has 5 heteroatoms. The molecule has 2 N–H and O–H groups in total. The summed E-state index contributed by atoms with van der Waals surface area (Å²) >= 11 is 0. The highest BCUT2D eigenvalue weighted by Crippen LogP contribution is 2.09. The van der Waals surface area contributed by atoms with Crippen LogP contribution in [-0.2, 0) is 9.53 Å². The van der Waals surface area contributed by atoms with Gasteiger partial charge in [-0.3, -0.25) is 4.79 Å². The molecule has 1 aliphatic rings. The van der Waals surface area contributed by atoms with E-state index in [1.165, 1.54) is 0 Å². The first-order valence-electron chi connectivity index (χ1n) is 5.39. The molecule has 0 spiro atoms. The number of rotatable bonds is 5. The van der Waals surface area contributed by atoms with Crippen LogP contribution in [0.2, 0.25) is 0 Å². The summed E-state index contributed by atoms with van der Waals surface area (Å²) < 4.78 is 4.86. The lowest BCUT2D eigenvalue weighted by atomic mass is 10.1. The first-order valence-corrected chi connectivity index (χ1v) is 5.39. The zero-order chi connectivity index (χ0) is 11.1. The Bertz CT molecular complexity index is 199. The molecule has 0 bridgehead atoms. The van der Waals surface area contributed by atoms with Crippen LogP contribution in [0.4, 0.5) is 0 Å². The number of carbonyl (C=O) groups excluding carboxylic acids is 1. The molecular weight excluding hydrogens is 196 g/mol. The van der Waals surface area contributed by atoms with Crippen molar-refractivity contribution in [1.82, 2.24) is 10.2 Å². The van der Waals surface area contributed by atoms with Gasteiger partial charge in [0.15, 0.2) is 0 Å². The molecule has 1 aliphatic heterocycles. The third-order valence-corrected chi connectivity index (χ3v) is 2.51. The van der Waals surface area contributed by atoms with Gasteiger partial charge in [0, 0.05) is 26.7 Å². The normalized spacial score (nSPS) is 21.7. The zero-order valence-electron chi connectivity index (χ0n) is 9.24. The second kappa shape index (κ2) is 6.76. The minimum Gasteiger partial charge on any atom is -0.391 e. The summed E-state index contributed by atoms with van der Waals surface area (Å²) in [5, 5.41) is 12.4. The van der Waals surface area contributed by atoms with Crippen LogP contribution in [0, 0.1) is 0 Å². The number of piperidine rings is 1. The van der Waals surface area contributed by atoms with Crippen LogP contribution in [0.1, 0.15) is 12.8 Å². The van der Waals surface area contributed by atoms with E-state index in [0.717, 1.165) is 19.4 Å². The first-order chi connectivity index (χ1) is 7.24. The van der Waals surface area contributed by atoms with Crippen molar-refractivity contribution in [2.45, 2.75) is 18.9 Å². The molecule has 0 radical (unpaired) electrons. The van der Waals surface area contributed by atoms with Gasteiger partial charge < -0.3 is 20.1 Å². The molecule has 0 aromatic heterocycles. The Morgan fingerprint density at radius 2 is 2.47 bits per heavy atom. The zero-order valence-corrected chi connectivity index (χ0v) is 9.24. The highest BCUT2D eigenvalue weighted by atomic mass is 16.5. The second-order valence-electron chi connectivity index (χ2n) is 3.81. The van der Waals surface area contributed by atoms with Crippen LogP contribution in [0.25, 0.3) is 0 Å². The summed E-state index contributed by atoms with van der Waals surface area (Å²) in [6.45, 7) is 2.86. The third kappa shape index (κ3) is 4.59. The van der Waals surface area contributed by atoms with Crippen molar-refractivity contribution in [3.63, 3.8) is 0 Å². The lowest BCUT2D eigenvalue weighted by Crippen LogP contribution is -2.46. The molecular formula is C10H20N2O3. The van der Waals surface area contributed by atoms with Gasteiger partial charge >= 0.3 is 0 Å². The highest BCUT2D eigenvalue weighted by Gasteiger charge is 2.21. The lowest BCUT2D eigenvalue weighted by Gasteiger charge is -2.30. The quantitative estimate of drug-likeness (QED) is 0.591. The van der Waals surface area contributed by atoms with E-state index in [9.17, 15) is 9.90 Å². The maximum atomic E-state index is 11.6. The number of hydrogen-bond acceptors (Lipinski definition) is 4. The molecule has 1 saturated heterocycles. The van der Waals surface area contributed by atoms with Gasteiger partial charge in [-0.05, 0) is 12.8 Å². The standard InChI is InChI=1S/C10H20N2O3/c1-15-6-4-11-7-10(14)12-5-2-3-9(13)8-12/h9,11,13H,2-8H2,1H3/t9-/m0/s1. The van der Waals surface area contributed by atoms with Gasteiger partial charge in [0.1, 0.15) is 0 Å². The van der Waals surface area contributed by atoms with Crippen LogP contribution < -0.4 is 5.32 Å². The number of aliphatic hydroxyl groups is 1. The molecule has 1 amide bonds. The van der Waals surface area contributed by atoms with Crippen molar-refractivity contribution in [2.75, 3.05) is 39.9 Å². The number of β-amino-alcohol motifs (C(OH)–C–C–N with tert-alkyl or cyclic N) is 1. The van der Waals surface area contributed by atoms with Crippen molar-refractivity contribution in [3.8, 4) is 0 Å². The van der Waals surface area contributed by atoms with Crippen LogP contribution in [0.3, 0.4) is 0 Å². The van der Waals surface area contributed by atoms with Gasteiger partial charge in [-0.25, -0.2) is 0 Å². The van der Waals surface area contributed by atoms with Gasteiger partial charge in [-0.2, -0.15) is 0 Å². The van der Waals surface area contributed by atoms with Gasteiger partial charge in [0.25, 0.3) is 0 Å². The summed E-state index contributed by atoms with van der Waals surface area (Å²) in [4.78, 5) is 13.3. The molecule has 0 saturated carbocycles. The summed E-state index contributed by atoms with van der Waals surface area (Å²) in [6.07, 6.45) is 1.35. The molecule has 1 rings (SSSR count). The summed E-state index contributed by atoms with van der Waals surface area (Å²) in [5.74, 6) is 0.0600. The predicted molar refractivity (Wildman–Crippen MR) is 56.6 cm³/mol. The van der Waals surface area contributed by atoms with Crippen LogP contribution >= 0.6 is 0 Å². The predicted octanol–water partition coefficient (Wildman–Crippen LogP) is -0.794. The van der Waals surface area contributed by atoms with E-state index >= 15 is 0 Å².